The molecule has 0 aliphatic carbocycles. The Morgan fingerprint density at radius 3 is 2.20 bits per heavy atom. The number of sulfonamides is 1. The Labute approximate surface area is 160 Å². The summed E-state index contributed by atoms with van der Waals surface area (Å²) >= 11 is 4.85. The van der Waals surface area contributed by atoms with Gasteiger partial charge in [0.05, 0.1) is 10.6 Å². The van der Waals surface area contributed by atoms with Gasteiger partial charge in [0.25, 0.3) is 0 Å². The molecule has 1 saturated heterocycles. The second kappa shape index (κ2) is 8.03. The molecule has 0 spiro atoms. The highest BCUT2D eigenvalue weighted by atomic mass is 79.9. The van der Waals surface area contributed by atoms with Gasteiger partial charge in [-0.2, -0.15) is 4.31 Å². The van der Waals surface area contributed by atoms with Crippen LogP contribution in [0.3, 0.4) is 0 Å². The topological polar surface area (TPSA) is 54.5 Å². The monoisotopic (exact) mass is 439 g/mol. The van der Waals surface area contributed by atoms with Gasteiger partial charge in [0.1, 0.15) is 0 Å². The zero-order valence-corrected chi connectivity index (χ0v) is 16.7. The summed E-state index contributed by atoms with van der Waals surface area (Å²) in [5.74, 6) is 0.304. The molecule has 0 saturated carbocycles. The predicted octanol–water partition coefficient (Wildman–Crippen LogP) is 4.21. The number of Topliss-reactive ketones (excluding diaryl/α,β-unsaturated/α-hetero) is 1. The van der Waals surface area contributed by atoms with Gasteiger partial charge in [-0.1, -0.05) is 28.1 Å². The van der Waals surface area contributed by atoms with E-state index in [4.69, 9.17) is 0 Å². The van der Waals surface area contributed by atoms with Crippen molar-refractivity contribution < 1.29 is 13.2 Å². The lowest BCUT2D eigenvalue weighted by molar-refractivity contribution is 0.102. The average Bonchev–Trinajstić information content (AvgIpc) is 3.16. The summed E-state index contributed by atoms with van der Waals surface area (Å²) in [5, 5.41) is 0. The number of halogens is 1. The van der Waals surface area contributed by atoms with Gasteiger partial charge in [0.15, 0.2) is 5.78 Å². The van der Waals surface area contributed by atoms with Crippen LogP contribution in [0.4, 0.5) is 0 Å². The second-order valence-corrected chi connectivity index (χ2v) is 9.70. The summed E-state index contributed by atoms with van der Waals surface area (Å²) in [6, 6.07) is 14.0. The van der Waals surface area contributed by atoms with Crippen LogP contribution in [-0.2, 0) is 10.0 Å². The predicted molar refractivity (Wildman–Crippen MR) is 104 cm³/mol. The molecule has 1 aliphatic heterocycles. The summed E-state index contributed by atoms with van der Waals surface area (Å²) in [5.41, 5.74) is 0.532. The summed E-state index contributed by atoms with van der Waals surface area (Å²) in [7, 11) is -3.43. The minimum absolute atomic E-state index is 0.0157. The molecule has 0 unspecified atom stereocenters. The number of hydrogen-bond donors (Lipinski definition) is 0. The van der Waals surface area contributed by atoms with E-state index in [2.05, 4.69) is 15.9 Å². The number of thioether (sulfide) groups is 1. The lowest BCUT2D eigenvalue weighted by atomic mass is 10.1. The van der Waals surface area contributed by atoms with E-state index in [-0.39, 0.29) is 10.7 Å². The van der Waals surface area contributed by atoms with Crippen molar-refractivity contribution in [3.63, 3.8) is 0 Å². The van der Waals surface area contributed by atoms with Gasteiger partial charge in [0.2, 0.25) is 10.0 Å². The molecule has 4 nitrogen and oxygen atoms in total. The van der Waals surface area contributed by atoms with E-state index in [9.17, 15) is 13.2 Å². The highest BCUT2D eigenvalue weighted by Gasteiger charge is 2.27. The zero-order chi connectivity index (χ0) is 17.9. The van der Waals surface area contributed by atoms with Crippen LogP contribution < -0.4 is 0 Å². The van der Waals surface area contributed by atoms with Crippen LogP contribution >= 0.6 is 27.7 Å². The van der Waals surface area contributed by atoms with E-state index >= 15 is 0 Å². The van der Waals surface area contributed by atoms with E-state index in [1.54, 1.807) is 12.1 Å². The van der Waals surface area contributed by atoms with Crippen molar-refractivity contribution in [1.29, 1.82) is 0 Å². The fraction of sp³-hybridized carbons (Fsp3) is 0.278. The number of benzene rings is 2. The first kappa shape index (κ1) is 18.6. The molecule has 0 bridgehead atoms. The van der Waals surface area contributed by atoms with Crippen molar-refractivity contribution in [2.24, 2.45) is 0 Å². The van der Waals surface area contributed by atoms with Crippen molar-refractivity contribution >= 4 is 43.5 Å². The maximum Gasteiger partial charge on any atom is 0.243 e. The SMILES string of the molecule is O=C(CSc1ccc(Br)cc1)c1ccc(S(=O)(=O)N2CCCC2)cc1. The van der Waals surface area contributed by atoms with Crippen molar-refractivity contribution in [1.82, 2.24) is 4.31 Å². The van der Waals surface area contributed by atoms with Crippen LogP contribution in [0.2, 0.25) is 0 Å². The van der Waals surface area contributed by atoms with Crippen LogP contribution in [0.1, 0.15) is 23.2 Å². The molecule has 2 aromatic carbocycles. The fourth-order valence-electron chi connectivity index (χ4n) is 2.65. The van der Waals surface area contributed by atoms with Gasteiger partial charge in [0, 0.05) is 28.0 Å². The third kappa shape index (κ3) is 4.53. The van der Waals surface area contributed by atoms with Crippen LogP contribution in [0.15, 0.2) is 62.8 Å². The second-order valence-electron chi connectivity index (χ2n) is 5.80. The Morgan fingerprint density at radius 2 is 1.60 bits per heavy atom. The van der Waals surface area contributed by atoms with Gasteiger partial charge in [-0.3, -0.25) is 4.79 Å². The first-order chi connectivity index (χ1) is 12.0. The molecule has 7 heteroatoms. The van der Waals surface area contributed by atoms with E-state index < -0.39 is 10.0 Å². The fourth-order valence-corrected chi connectivity index (χ4v) is 5.23. The van der Waals surface area contributed by atoms with Crippen molar-refractivity contribution in [3.05, 3.63) is 58.6 Å². The molecule has 25 heavy (non-hydrogen) atoms. The third-order valence-electron chi connectivity index (χ3n) is 4.06. The van der Waals surface area contributed by atoms with Crippen LogP contribution in [0.25, 0.3) is 0 Å². The molecular weight excluding hydrogens is 422 g/mol. The first-order valence-electron chi connectivity index (χ1n) is 7.98. The molecule has 1 heterocycles. The summed E-state index contributed by atoms with van der Waals surface area (Å²) < 4.78 is 27.5. The Hall–Kier alpha value is -1.15. The van der Waals surface area contributed by atoms with E-state index in [1.807, 2.05) is 24.3 Å². The normalized spacial score (nSPS) is 15.4. The lowest BCUT2D eigenvalue weighted by Crippen LogP contribution is -2.27. The molecule has 0 aromatic heterocycles. The van der Waals surface area contributed by atoms with Crippen molar-refractivity contribution in [2.75, 3.05) is 18.8 Å². The highest BCUT2D eigenvalue weighted by Crippen LogP contribution is 2.23. The largest absolute Gasteiger partial charge is 0.293 e. The maximum atomic E-state index is 12.5. The number of nitrogens with zero attached hydrogens (tertiary/aromatic N) is 1. The lowest BCUT2D eigenvalue weighted by Gasteiger charge is -2.15. The van der Waals surface area contributed by atoms with E-state index in [0.717, 1.165) is 22.2 Å². The molecule has 1 aliphatic rings. The Morgan fingerprint density at radius 1 is 1.00 bits per heavy atom. The molecule has 1 fully saturated rings. The zero-order valence-electron chi connectivity index (χ0n) is 13.5. The van der Waals surface area contributed by atoms with Crippen molar-refractivity contribution in [2.45, 2.75) is 22.6 Å². The summed E-state index contributed by atoms with van der Waals surface area (Å²) in [4.78, 5) is 13.6. The summed E-state index contributed by atoms with van der Waals surface area (Å²) in [6.07, 6.45) is 1.81. The minimum Gasteiger partial charge on any atom is -0.293 e. The van der Waals surface area contributed by atoms with Gasteiger partial charge in [-0.25, -0.2) is 8.42 Å². The Balaban J connectivity index is 1.65. The Bertz CT molecular complexity index is 843. The first-order valence-corrected chi connectivity index (χ1v) is 11.2. The average molecular weight is 440 g/mol. The van der Waals surface area contributed by atoms with Crippen LogP contribution in [0, 0.1) is 0 Å². The number of ketones is 1. The number of hydrogen-bond acceptors (Lipinski definition) is 4. The minimum atomic E-state index is -3.43. The van der Waals surface area contributed by atoms with E-state index in [1.165, 1.54) is 28.2 Å². The quantitative estimate of drug-likeness (QED) is 0.499. The molecule has 2 aromatic rings. The molecular formula is C18H18BrNO3S2. The maximum absolute atomic E-state index is 12.5. The smallest absolute Gasteiger partial charge is 0.243 e. The number of rotatable bonds is 6. The van der Waals surface area contributed by atoms with Crippen LogP contribution in [-0.4, -0.2) is 37.3 Å². The van der Waals surface area contributed by atoms with Gasteiger partial charge >= 0.3 is 0 Å². The van der Waals surface area contributed by atoms with Gasteiger partial charge < -0.3 is 0 Å². The highest BCUT2D eigenvalue weighted by molar-refractivity contribution is 9.10. The molecule has 0 atom stereocenters. The standard InChI is InChI=1S/C18H18BrNO3S2/c19-15-5-7-16(8-6-15)24-13-18(21)14-3-9-17(10-4-14)25(22,23)20-11-1-2-12-20/h3-10H,1-2,11-13H2. The molecule has 0 amide bonds. The Kier molecular flexibility index (Phi) is 5.99. The number of carbonyl (C=O) groups is 1. The van der Waals surface area contributed by atoms with Gasteiger partial charge in [-0.15, -0.1) is 11.8 Å². The van der Waals surface area contributed by atoms with Gasteiger partial charge in [-0.05, 0) is 49.2 Å². The third-order valence-corrected chi connectivity index (χ3v) is 7.52. The molecule has 0 radical (unpaired) electrons. The molecule has 132 valence electrons. The van der Waals surface area contributed by atoms with Crippen LogP contribution in [0.5, 0.6) is 0 Å². The number of carbonyl (C=O) groups excluding carboxylic acids is 1. The van der Waals surface area contributed by atoms with E-state index in [0.29, 0.717) is 24.4 Å². The molecule has 3 rings (SSSR count). The molecule has 0 N–H and O–H groups in total. The summed E-state index contributed by atoms with van der Waals surface area (Å²) in [6.45, 7) is 1.15. The van der Waals surface area contributed by atoms with Crippen molar-refractivity contribution in [3.8, 4) is 0 Å².